The van der Waals surface area contributed by atoms with E-state index in [4.69, 9.17) is 21.7 Å². The highest BCUT2D eigenvalue weighted by atomic mass is 79.9. The molecule has 31 heavy (non-hydrogen) atoms. The quantitative estimate of drug-likeness (QED) is 0.580. The zero-order chi connectivity index (χ0) is 22.2. The molecule has 0 saturated carbocycles. The first-order valence-corrected chi connectivity index (χ1v) is 11.2. The Morgan fingerprint density at radius 3 is 2.65 bits per heavy atom. The zero-order valence-electron chi connectivity index (χ0n) is 17.2. The fraction of sp³-hybridized carbons (Fsp3) is 0.318. The van der Waals surface area contributed by atoms with Crippen molar-refractivity contribution in [1.82, 2.24) is 10.2 Å². The van der Waals surface area contributed by atoms with Crippen LogP contribution in [0.2, 0.25) is 0 Å². The van der Waals surface area contributed by atoms with Crippen LogP contribution in [0.4, 0.5) is 5.69 Å². The van der Waals surface area contributed by atoms with Gasteiger partial charge in [0.05, 0.1) is 36.6 Å². The SMILES string of the molecule is CCCOc1ccc(Br)cc1C(=O)NC(=S)Nc1ccccc1C(=O)N1CCOCC1. The number of nitrogens with one attached hydrogen (secondary N) is 2. The maximum absolute atomic E-state index is 12.9. The Morgan fingerprint density at radius 1 is 1.16 bits per heavy atom. The standard InChI is InChI=1S/C22H24BrN3O4S/c1-2-11-30-19-8-7-15(23)14-17(19)20(27)25-22(31)24-18-6-4-3-5-16(18)21(28)26-9-12-29-13-10-26/h3-8,14H,2,9-13H2,1H3,(H2,24,25,27,31). The van der Waals surface area contributed by atoms with Crippen LogP contribution < -0.4 is 15.4 Å². The Labute approximate surface area is 195 Å². The van der Waals surface area contributed by atoms with Crippen molar-refractivity contribution in [3.05, 3.63) is 58.1 Å². The highest BCUT2D eigenvalue weighted by Gasteiger charge is 2.22. The summed E-state index contributed by atoms with van der Waals surface area (Å²) in [5.74, 6) is -0.0297. The van der Waals surface area contributed by atoms with E-state index >= 15 is 0 Å². The molecule has 0 unspecified atom stereocenters. The summed E-state index contributed by atoms with van der Waals surface area (Å²) < 4.78 is 11.7. The van der Waals surface area contributed by atoms with Crippen LogP contribution in [-0.2, 0) is 4.74 Å². The van der Waals surface area contributed by atoms with Gasteiger partial charge in [-0.25, -0.2) is 0 Å². The molecule has 0 atom stereocenters. The zero-order valence-corrected chi connectivity index (χ0v) is 19.6. The Hall–Kier alpha value is -2.49. The number of amides is 2. The predicted octanol–water partition coefficient (Wildman–Crippen LogP) is 3.84. The highest BCUT2D eigenvalue weighted by molar-refractivity contribution is 9.10. The van der Waals surface area contributed by atoms with E-state index in [1.165, 1.54) is 0 Å². The van der Waals surface area contributed by atoms with Crippen molar-refractivity contribution >= 4 is 50.8 Å². The van der Waals surface area contributed by atoms with Crippen LogP contribution in [0.1, 0.15) is 34.1 Å². The second-order valence-electron chi connectivity index (χ2n) is 6.85. The van der Waals surface area contributed by atoms with Crippen LogP contribution in [-0.4, -0.2) is 54.7 Å². The smallest absolute Gasteiger partial charge is 0.261 e. The third-order valence-electron chi connectivity index (χ3n) is 4.58. The molecule has 0 radical (unpaired) electrons. The molecule has 164 valence electrons. The molecular formula is C22H24BrN3O4S. The second-order valence-corrected chi connectivity index (χ2v) is 8.17. The maximum Gasteiger partial charge on any atom is 0.261 e. The molecule has 2 amide bonds. The maximum atomic E-state index is 12.9. The summed E-state index contributed by atoms with van der Waals surface area (Å²) in [4.78, 5) is 27.5. The van der Waals surface area contributed by atoms with Crippen LogP contribution in [0.25, 0.3) is 0 Å². The van der Waals surface area contributed by atoms with E-state index in [0.717, 1.165) is 10.9 Å². The summed E-state index contributed by atoms with van der Waals surface area (Å²) in [5, 5.41) is 5.74. The first kappa shape index (κ1) is 23.2. The van der Waals surface area contributed by atoms with Gasteiger partial charge in [-0.2, -0.15) is 0 Å². The number of benzene rings is 2. The number of hydrogen-bond acceptors (Lipinski definition) is 5. The van der Waals surface area contributed by atoms with E-state index in [1.807, 2.05) is 13.0 Å². The number of carbonyl (C=O) groups excluding carboxylic acids is 2. The Balaban J connectivity index is 1.71. The van der Waals surface area contributed by atoms with Gasteiger partial charge in [-0.05, 0) is 49.0 Å². The van der Waals surface area contributed by atoms with E-state index in [0.29, 0.717) is 55.5 Å². The van der Waals surface area contributed by atoms with Crippen molar-refractivity contribution < 1.29 is 19.1 Å². The number of morpholine rings is 1. The number of nitrogens with zero attached hydrogens (tertiary/aromatic N) is 1. The van der Waals surface area contributed by atoms with Crippen molar-refractivity contribution in [3.63, 3.8) is 0 Å². The third kappa shape index (κ3) is 6.25. The summed E-state index contributed by atoms with van der Waals surface area (Å²) >= 11 is 8.72. The first-order chi connectivity index (χ1) is 15.0. The summed E-state index contributed by atoms with van der Waals surface area (Å²) in [7, 11) is 0. The van der Waals surface area contributed by atoms with Crippen LogP contribution >= 0.6 is 28.1 Å². The van der Waals surface area contributed by atoms with Gasteiger partial charge in [0.15, 0.2) is 5.11 Å². The minimum absolute atomic E-state index is 0.0913. The van der Waals surface area contributed by atoms with Crippen LogP contribution in [0.3, 0.4) is 0 Å². The van der Waals surface area contributed by atoms with Gasteiger partial charge in [-0.3, -0.25) is 14.9 Å². The van der Waals surface area contributed by atoms with Gasteiger partial charge in [-0.1, -0.05) is 35.0 Å². The topological polar surface area (TPSA) is 79.9 Å². The number of ether oxygens (including phenoxy) is 2. The van der Waals surface area contributed by atoms with Crippen LogP contribution in [0.5, 0.6) is 5.75 Å². The number of para-hydroxylation sites is 1. The average Bonchev–Trinajstić information content (AvgIpc) is 2.78. The van der Waals surface area contributed by atoms with Gasteiger partial charge in [-0.15, -0.1) is 0 Å². The van der Waals surface area contributed by atoms with E-state index < -0.39 is 5.91 Å². The molecule has 1 fully saturated rings. The molecule has 1 aliphatic heterocycles. The highest BCUT2D eigenvalue weighted by Crippen LogP contribution is 2.24. The lowest BCUT2D eigenvalue weighted by Gasteiger charge is -2.27. The normalized spacial score (nSPS) is 13.4. The van der Waals surface area contributed by atoms with E-state index in [9.17, 15) is 9.59 Å². The number of hydrogen-bond donors (Lipinski definition) is 2. The Morgan fingerprint density at radius 2 is 1.90 bits per heavy atom. The monoisotopic (exact) mass is 505 g/mol. The molecule has 1 aliphatic rings. The molecule has 9 heteroatoms. The lowest BCUT2D eigenvalue weighted by molar-refractivity contribution is 0.0303. The minimum Gasteiger partial charge on any atom is -0.493 e. The van der Waals surface area contributed by atoms with Crippen LogP contribution in [0.15, 0.2) is 46.9 Å². The van der Waals surface area contributed by atoms with Crippen molar-refractivity contribution in [2.45, 2.75) is 13.3 Å². The molecule has 3 rings (SSSR count). The number of thiocarbonyl (C=S) groups is 1. The Kier molecular flexibility index (Phi) is 8.39. The third-order valence-corrected chi connectivity index (χ3v) is 5.28. The largest absolute Gasteiger partial charge is 0.493 e. The van der Waals surface area contributed by atoms with Crippen molar-refractivity contribution in [2.24, 2.45) is 0 Å². The second kappa shape index (κ2) is 11.2. The van der Waals surface area contributed by atoms with E-state index in [-0.39, 0.29) is 11.0 Å². The number of anilines is 1. The summed E-state index contributed by atoms with van der Waals surface area (Å²) in [6, 6.07) is 12.3. The lowest BCUT2D eigenvalue weighted by Crippen LogP contribution is -2.41. The molecule has 0 bridgehead atoms. The summed E-state index contributed by atoms with van der Waals surface area (Å²) in [6.07, 6.45) is 0.824. The van der Waals surface area contributed by atoms with E-state index in [1.54, 1.807) is 41.3 Å². The van der Waals surface area contributed by atoms with Gasteiger partial charge in [0.2, 0.25) is 0 Å². The molecule has 7 nitrogen and oxygen atoms in total. The summed E-state index contributed by atoms with van der Waals surface area (Å²) in [6.45, 7) is 4.61. The average molecular weight is 506 g/mol. The first-order valence-electron chi connectivity index (χ1n) is 10.0. The molecule has 0 aromatic heterocycles. The fourth-order valence-electron chi connectivity index (χ4n) is 3.06. The number of carbonyl (C=O) groups is 2. The minimum atomic E-state index is -0.401. The molecule has 0 aliphatic carbocycles. The van der Waals surface area contributed by atoms with Crippen LogP contribution in [0, 0.1) is 0 Å². The van der Waals surface area contributed by atoms with Crippen molar-refractivity contribution in [2.75, 3.05) is 38.2 Å². The van der Waals surface area contributed by atoms with Crippen molar-refractivity contribution in [3.8, 4) is 5.75 Å². The van der Waals surface area contributed by atoms with Gasteiger partial charge < -0.3 is 19.7 Å². The predicted molar refractivity (Wildman–Crippen MR) is 127 cm³/mol. The molecular weight excluding hydrogens is 482 g/mol. The van der Waals surface area contributed by atoms with Gasteiger partial charge in [0.25, 0.3) is 11.8 Å². The fourth-order valence-corrected chi connectivity index (χ4v) is 3.62. The van der Waals surface area contributed by atoms with E-state index in [2.05, 4.69) is 26.6 Å². The lowest BCUT2D eigenvalue weighted by atomic mass is 10.1. The molecule has 2 N–H and O–H groups in total. The Bertz CT molecular complexity index is 964. The molecule has 2 aromatic carbocycles. The summed E-state index contributed by atoms with van der Waals surface area (Å²) in [5.41, 5.74) is 1.38. The number of rotatable bonds is 6. The van der Waals surface area contributed by atoms with Gasteiger partial charge in [0.1, 0.15) is 5.75 Å². The molecule has 1 saturated heterocycles. The van der Waals surface area contributed by atoms with Gasteiger partial charge in [0, 0.05) is 17.6 Å². The molecule has 0 spiro atoms. The van der Waals surface area contributed by atoms with Crippen molar-refractivity contribution in [1.29, 1.82) is 0 Å². The van der Waals surface area contributed by atoms with Gasteiger partial charge >= 0.3 is 0 Å². The molecule has 2 aromatic rings. The molecule has 1 heterocycles. The number of halogens is 1.